The van der Waals surface area contributed by atoms with Gasteiger partial charge in [-0.2, -0.15) is 10.2 Å². The molecule has 3 aromatic rings. The number of rotatable bonds is 6. The lowest BCUT2D eigenvalue weighted by atomic mass is 9.77. The average Bonchev–Trinajstić information content (AvgIpc) is 3.71. The number of fused-ring (bicyclic) bond motifs is 2. The number of carbonyl (C=O) groups is 3. The molecule has 0 N–H and O–H groups in total. The first-order valence-electron chi connectivity index (χ1n) is 14.4. The Morgan fingerprint density at radius 1 is 0.932 bits per heavy atom. The van der Waals surface area contributed by atoms with Crippen molar-refractivity contribution in [3.8, 4) is 0 Å². The highest BCUT2D eigenvalue weighted by molar-refractivity contribution is 6.25. The van der Waals surface area contributed by atoms with E-state index in [9.17, 15) is 24.5 Å². The van der Waals surface area contributed by atoms with Crippen LogP contribution in [-0.4, -0.2) is 57.0 Å². The number of hydrogen-bond donors (Lipinski definition) is 0. The summed E-state index contributed by atoms with van der Waals surface area (Å²) in [6, 6.07) is 22.4. The SMILES string of the molecule is O=C1[C@H]2N=NN(CC(=O)N3N=C4/C(=C/c5ccccc5)CCC[C@H]4[C@H]3c3ccccc3)[C@H]2C(=O)N1c1ccc([N+](=O)[O-])cc1. The lowest BCUT2D eigenvalue weighted by Gasteiger charge is -2.30. The van der Waals surface area contributed by atoms with Crippen LogP contribution in [0, 0.1) is 16.0 Å². The van der Waals surface area contributed by atoms with Gasteiger partial charge < -0.3 is 0 Å². The molecule has 4 aliphatic rings. The second-order valence-electron chi connectivity index (χ2n) is 11.1. The molecule has 1 aliphatic carbocycles. The zero-order valence-electron chi connectivity index (χ0n) is 23.5. The summed E-state index contributed by atoms with van der Waals surface area (Å²) in [5.41, 5.74) is 4.04. The number of nitro benzene ring substituents is 1. The maximum Gasteiger partial charge on any atom is 0.269 e. The second kappa shape index (κ2) is 11.0. The van der Waals surface area contributed by atoms with Crippen LogP contribution in [0.3, 0.4) is 0 Å². The highest BCUT2D eigenvalue weighted by Gasteiger charge is 2.55. The van der Waals surface area contributed by atoms with Crippen LogP contribution in [0.25, 0.3) is 6.08 Å². The van der Waals surface area contributed by atoms with E-state index < -0.39 is 28.8 Å². The number of nitro groups is 1. The van der Waals surface area contributed by atoms with Crippen molar-refractivity contribution in [2.24, 2.45) is 21.4 Å². The van der Waals surface area contributed by atoms with Crippen molar-refractivity contribution in [2.75, 3.05) is 11.4 Å². The van der Waals surface area contributed by atoms with Gasteiger partial charge in [0.25, 0.3) is 23.4 Å². The van der Waals surface area contributed by atoms with Crippen LogP contribution in [0.4, 0.5) is 11.4 Å². The Bertz CT molecular complexity index is 1740. The molecule has 0 spiro atoms. The first-order valence-corrected chi connectivity index (χ1v) is 14.4. The van der Waals surface area contributed by atoms with Crippen LogP contribution in [0.15, 0.2) is 106 Å². The molecule has 220 valence electrons. The maximum atomic E-state index is 14.0. The van der Waals surface area contributed by atoms with Crippen LogP contribution in [0.5, 0.6) is 0 Å². The van der Waals surface area contributed by atoms with E-state index in [0.717, 1.165) is 46.6 Å². The number of allylic oxidation sites excluding steroid dienone is 1. The summed E-state index contributed by atoms with van der Waals surface area (Å²) in [5, 5.41) is 26.8. The number of imide groups is 1. The van der Waals surface area contributed by atoms with E-state index in [4.69, 9.17) is 5.10 Å². The lowest BCUT2D eigenvalue weighted by Crippen LogP contribution is -2.45. The average molecular weight is 590 g/mol. The number of hydrogen-bond acceptors (Lipinski definition) is 9. The lowest BCUT2D eigenvalue weighted by molar-refractivity contribution is -0.384. The molecule has 3 aliphatic heterocycles. The highest BCUT2D eigenvalue weighted by Crippen LogP contribution is 2.44. The number of nitrogens with zero attached hydrogens (tertiary/aromatic N) is 7. The molecular weight excluding hydrogens is 562 g/mol. The summed E-state index contributed by atoms with van der Waals surface area (Å²) in [6.45, 7) is -0.303. The number of carbonyl (C=O) groups excluding carboxylic acids is 3. The van der Waals surface area contributed by atoms with Crippen molar-refractivity contribution >= 4 is 40.9 Å². The van der Waals surface area contributed by atoms with Crippen molar-refractivity contribution in [1.29, 1.82) is 0 Å². The number of hydrazone groups is 1. The minimum atomic E-state index is -1.11. The molecule has 3 aromatic carbocycles. The van der Waals surface area contributed by atoms with E-state index in [0.29, 0.717) is 0 Å². The van der Waals surface area contributed by atoms with Crippen LogP contribution in [0.2, 0.25) is 0 Å². The zero-order chi connectivity index (χ0) is 30.4. The number of non-ortho nitro benzene ring substituents is 1. The van der Waals surface area contributed by atoms with Crippen molar-refractivity contribution in [1.82, 2.24) is 10.0 Å². The Morgan fingerprint density at radius 2 is 1.64 bits per heavy atom. The number of anilines is 1. The van der Waals surface area contributed by atoms with Gasteiger partial charge in [-0.05, 0) is 54.2 Å². The second-order valence-corrected chi connectivity index (χ2v) is 11.1. The Balaban J connectivity index is 1.16. The van der Waals surface area contributed by atoms with Crippen molar-refractivity contribution in [3.63, 3.8) is 0 Å². The fraction of sp³-hybridized carbons (Fsp3) is 0.250. The fourth-order valence-electron chi connectivity index (χ4n) is 6.48. The summed E-state index contributed by atoms with van der Waals surface area (Å²) in [4.78, 5) is 52.1. The third-order valence-corrected chi connectivity index (χ3v) is 8.51. The molecule has 3 amide bonds. The quantitative estimate of drug-likeness (QED) is 0.232. The van der Waals surface area contributed by atoms with Gasteiger partial charge in [0, 0.05) is 18.1 Å². The predicted molar refractivity (Wildman–Crippen MR) is 160 cm³/mol. The van der Waals surface area contributed by atoms with Gasteiger partial charge in [-0.3, -0.25) is 29.5 Å². The Morgan fingerprint density at radius 3 is 2.34 bits per heavy atom. The topological polar surface area (TPSA) is 141 Å². The molecule has 0 bridgehead atoms. The van der Waals surface area contributed by atoms with Gasteiger partial charge in [-0.25, -0.2) is 9.91 Å². The van der Waals surface area contributed by atoms with Crippen molar-refractivity contribution in [3.05, 3.63) is 112 Å². The molecule has 12 nitrogen and oxygen atoms in total. The summed E-state index contributed by atoms with van der Waals surface area (Å²) in [6.07, 6.45) is 4.83. The minimum Gasteiger partial charge on any atom is -0.271 e. The van der Waals surface area contributed by atoms with Crippen LogP contribution >= 0.6 is 0 Å². The van der Waals surface area contributed by atoms with Gasteiger partial charge in [-0.15, -0.1) is 0 Å². The first-order chi connectivity index (χ1) is 21.4. The van der Waals surface area contributed by atoms with Crippen molar-refractivity contribution < 1.29 is 19.3 Å². The van der Waals surface area contributed by atoms with Gasteiger partial charge >= 0.3 is 0 Å². The molecule has 7 rings (SSSR count). The minimum absolute atomic E-state index is 0.00494. The molecule has 0 radical (unpaired) electrons. The van der Waals surface area contributed by atoms with E-state index >= 15 is 0 Å². The van der Waals surface area contributed by atoms with E-state index in [1.165, 1.54) is 34.3 Å². The Kier molecular flexibility index (Phi) is 6.80. The van der Waals surface area contributed by atoms with Crippen LogP contribution < -0.4 is 4.90 Å². The molecular formula is C32H27N7O5. The zero-order valence-corrected chi connectivity index (χ0v) is 23.5. The number of benzene rings is 3. The molecule has 0 aromatic heterocycles. The smallest absolute Gasteiger partial charge is 0.269 e. The van der Waals surface area contributed by atoms with E-state index in [-0.39, 0.29) is 35.8 Å². The Labute approximate surface area is 252 Å². The monoisotopic (exact) mass is 589 g/mol. The largest absolute Gasteiger partial charge is 0.271 e. The van der Waals surface area contributed by atoms with E-state index in [1.807, 2.05) is 60.7 Å². The summed E-state index contributed by atoms with van der Waals surface area (Å²) < 4.78 is 0. The van der Waals surface area contributed by atoms with Gasteiger partial charge in [0.15, 0.2) is 12.1 Å². The normalized spacial score (nSPS) is 25.0. The molecule has 1 saturated heterocycles. The number of amides is 3. The van der Waals surface area contributed by atoms with E-state index in [2.05, 4.69) is 16.4 Å². The third-order valence-electron chi connectivity index (χ3n) is 8.51. The molecule has 2 fully saturated rings. The molecule has 4 atom stereocenters. The molecule has 44 heavy (non-hydrogen) atoms. The third kappa shape index (κ3) is 4.64. The van der Waals surface area contributed by atoms with Gasteiger partial charge in [0.1, 0.15) is 6.54 Å². The predicted octanol–water partition coefficient (Wildman–Crippen LogP) is 4.71. The summed E-state index contributed by atoms with van der Waals surface area (Å²) in [5.74, 6) is -1.56. The summed E-state index contributed by atoms with van der Waals surface area (Å²) >= 11 is 0. The Hall–Kier alpha value is -5.52. The fourth-order valence-corrected chi connectivity index (χ4v) is 6.48. The molecule has 1 saturated carbocycles. The molecule has 12 heteroatoms. The molecule has 0 unspecified atom stereocenters. The van der Waals surface area contributed by atoms with Gasteiger partial charge in [0.2, 0.25) is 0 Å². The van der Waals surface area contributed by atoms with E-state index in [1.54, 1.807) is 0 Å². The van der Waals surface area contributed by atoms with Crippen LogP contribution in [-0.2, 0) is 14.4 Å². The van der Waals surface area contributed by atoms with Gasteiger partial charge in [-0.1, -0.05) is 65.9 Å². The highest BCUT2D eigenvalue weighted by atomic mass is 16.6. The van der Waals surface area contributed by atoms with Crippen molar-refractivity contribution in [2.45, 2.75) is 37.4 Å². The first kappa shape index (κ1) is 27.3. The molecule has 3 heterocycles. The standard InChI is InChI=1S/C32H27N7O5/c40-26(19-36-30-28(33-35-36)31(41)37(32(30)42)23-14-16-24(17-15-23)39(43)44)38-29(21-10-5-2-6-11-21)25-13-7-12-22(27(25)34-38)18-20-8-3-1-4-9-20/h1-6,8-11,14-18,25,28-30H,7,12-13,19H2/b22-18+/t25-,28+,29-,30-/m1/s1. The van der Waals surface area contributed by atoms with Crippen LogP contribution in [0.1, 0.15) is 36.4 Å². The maximum absolute atomic E-state index is 14.0. The summed E-state index contributed by atoms with van der Waals surface area (Å²) in [7, 11) is 0. The van der Waals surface area contributed by atoms with Gasteiger partial charge in [0.05, 0.1) is 22.4 Å².